The lowest BCUT2D eigenvalue weighted by Crippen LogP contribution is -2.45. The molecule has 1 aromatic carbocycles. The minimum atomic E-state index is -0.513. The summed E-state index contributed by atoms with van der Waals surface area (Å²) in [5, 5.41) is 6.41. The summed E-state index contributed by atoms with van der Waals surface area (Å²) in [6.07, 6.45) is 0. The van der Waals surface area contributed by atoms with Crippen molar-refractivity contribution in [3.8, 4) is 11.5 Å². The molecule has 0 saturated heterocycles. The van der Waals surface area contributed by atoms with E-state index in [1.54, 1.807) is 32.0 Å². The van der Waals surface area contributed by atoms with E-state index in [2.05, 4.69) is 15.4 Å². The van der Waals surface area contributed by atoms with Gasteiger partial charge >= 0.3 is 11.9 Å². The molecule has 8 nitrogen and oxygen atoms in total. The van der Waals surface area contributed by atoms with Crippen molar-refractivity contribution in [3.63, 3.8) is 0 Å². The molecular formula is C18H22N2O6S. The van der Waals surface area contributed by atoms with Gasteiger partial charge in [-0.05, 0) is 43.8 Å². The van der Waals surface area contributed by atoms with Crippen LogP contribution in [0, 0.1) is 0 Å². The molecule has 27 heavy (non-hydrogen) atoms. The molecule has 146 valence electrons. The van der Waals surface area contributed by atoms with Gasteiger partial charge in [0.25, 0.3) is 0 Å². The van der Waals surface area contributed by atoms with Gasteiger partial charge in [-0.2, -0.15) is 0 Å². The largest absolute Gasteiger partial charge is 0.493 e. The monoisotopic (exact) mass is 394 g/mol. The van der Waals surface area contributed by atoms with Gasteiger partial charge in [0, 0.05) is 5.70 Å². The van der Waals surface area contributed by atoms with Crippen LogP contribution in [0.15, 0.2) is 29.5 Å². The highest BCUT2D eigenvalue weighted by atomic mass is 32.1. The Balaban J connectivity index is 2.36. The van der Waals surface area contributed by atoms with Crippen molar-refractivity contribution < 1.29 is 28.5 Å². The first-order valence-electron chi connectivity index (χ1n) is 8.24. The van der Waals surface area contributed by atoms with Crippen LogP contribution in [0.3, 0.4) is 0 Å². The number of ether oxygens (including phenoxy) is 4. The van der Waals surface area contributed by atoms with E-state index < -0.39 is 18.0 Å². The summed E-state index contributed by atoms with van der Waals surface area (Å²) in [7, 11) is 2.77. The van der Waals surface area contributed by atoms with E-state index in [1.165, 1.54) is 14.2 Å². The number of esters is 2. The zero-order valence-electron chi connectivity index (χ0n) is 15.6. The average Bonchev–Trinajstić information content (AvgIpc) is 2.65. The number of methoxy groups -OCH3 is 2. The standard InChI is InChI=1S/C18H22N2O6S/c1-5-25-17(22)15-10(2)19-18(27)20-16(15)11-6-7-12(13(8-11)23-3)26-9-14(21)24-4/h6-8,16H,5,9H2,1-4H3,(H2,19,20,27)/t16-/m0/s1. The quantitative estimate of drug-likeness (QED) is 0.528. The Kier molecular flexibility index (Phi) is 7.00. The zero-order valence-corrected chi connectivity index (χ0v) is 16.4. The minimum absolute atomic E-state index is 0.241. The SMILES string of the molecule is CCOC(=O)C1=C(C)NC(=S)N[C@H]1c1ccc(OCC(=O)OC)c(OC)c1. The van der Waals surface area contributed by atoms with Crippen LogP contribution in [0.25, 0.3) is 0 Å². The normalized spacial score (nSPS) is 16.1. The Morgan fingerprint density at radius 3 is 2.59 bits per heavy atom. The Morgan fingerprint density at radius 2 is 1.96 bits per heavy atom. The number of hydrogen-bond acceptors (Lipinski definition) is 7. The molecule has 9 heteroatoms. The van der Waals surface area contributed by atoms with Gasteiger partial charge < -0.3 is 29.6 Å². The third kappa shape index (κ3) is 4.88. The first kappa shape index (κ1) is 20.5. The van der Waals surface area contributed by atoms with Crippen LogP contribution in [0.1, 0.15) is 25.5 Å². The van der Waals surface area contributed by atoms with Crippen molar-refractivity contribution in [2.75, 3.05) is 27.4 Å². The summed E-state index contributed by atoms with van der Waals surface area (Å²) < 4.78 is 20.5. The summed E-state index contributed by atoms with van der Waals surface area (Å²) in [6, 6.07) is 4.61. The van der Waals surface area contributed by atoms with Crippen LogP contribution < -0.4 is 20.1 Å². The number of rotatable bonds is 7. The fourth-order valence-electron chi connectivity index (χ4n) is 2.60. The molecular weight excluding hydrogens is 372 g/mol. The van der Waals surface area contributed by atoms with Gasteiger partial charge in [0.15, 0.2) is 23.2 Å². The van der Waals surface area contributed by atoms with Crippen molar-refractivity contribution in [2.45, 2.75) is 19.9 Å². The number of benzene rings is 1. The lowest BCUT2D eigenvalue weighted by Gasteiger charge is -2.30. The lowest BCUT2D eigenvalue weighted by molar-refractivity contribution is -0.143. The molecule has 0 aliphatic carbocycles. The first-order valence-corrected chi connectivity index (χ1v) is 8.65. The second kappa shape index (κ2) is 9.22. The predicted molar refractivity (Wildman–Crippen MR) is 101 cm³/mol. The average molecular weight is 394 g/mol. The molecule has 1 heterocycles. The summed E-state index contributed by atoms with van der Waals surface area (Å²) in [5.74, 6) is -0.160. The van der Waals surface area contributed by atoms with Crippen LogP contribution in [0.4, 0.5) is 0 Å². The van der Waals surface area contributed by atoms with Gasteiger partial charge in [-0.1, -0.05) is 6.07 Å². The minimum Gasteiger partial charge on any atom is -0.493 e. The molecule has 0 spiro atoms. The maximum absolute atomic E-state index is 12.4. The molecule has 0 unspecified atom stereocenters. The fraction of sp³-hybridized carbons (Fsp3) is 0.389. The molecule has 1 atom stereocenters. The highest BCUT2D eigenvalue weighted by molar-refractivity contribution is 7.80. The number of thiocarbonyl (C=S) groups is 1. The van der Waals surface area contributed by atoms with Crippen molar-refractivity contribution >= 4 is 29.3 Å². The number of carbonyl (C=O) groups is 2. The Morgan fingerprint density at radius 1 is 1.22 bits per heavy atom. The third-order valence-corrected chi connectivity index (χ3v) is 4.08. The first-order chi connectivity index (χ1) is 12.9. The topological polar surface area (TPSA) is 95.1 Å². The van der Waals surface area contributed by atoms with Crippen LogP contribution in [-0.4, -0.2) is 44.5 Å². The fourth-order valence-corrected chi connectivity index (χ4v) is 2.87. The molecule has 0 amide bonds. The molecule has 0 saturated carbocycles. The second-order valence-electron chi connectivity index (χ2n) is 5.57. The molecule has 0 bridgehead atoms. The summed E-state index contributed by atoms with van der Waals surface area (Å²) in [4.78, 5) is 23.7. The molecule has 1 aromatic rings. The molecule has 1 aliphatic heterocycles. The Hall–Kier alpha value is -2.81. The van der Waals surface area contributed by atoms with E-state index in [9.17, 15) is 9.59 Å². The van der Waals surface area contributed by atoms with Crippen molar-refractivity contribution in [3.05, 3.63) is 35.0 Å². The van der Waals surface area contributed by atoms with E-state index in [-0.39, 0.29) is 13.2 Å². The maximum atomic E-state index is 12.4. The molecule has 2 rings (SSSR count). The van der Waals surface area contributed by atoms with E-state index >= 15 is 0 Å². The molecule has 0 fully saturated rings. The van der Waals surface area contributed by atoms with Gasteiger partial charge in [0.1, 0.15) is 0 Å². The number of carbonyl (C=O) groups excluding carboxylic acids is 2. The third-order valence-electron chi connectivity index (χ3n) is 3.86. The highest BCUT2D eigenvalue weighted by Gasteiger charge is 2.31. The predicted octanol–water partition coefficient (Wildman–Crippen LogP) is 1.60. The Bertz CT molecular complexity index is 777. The van der Waals surface area contributed by atoms with Gasteiger partial charge in [-0.3, -0.25) is 0 Å². The van der Waals surface area contributed by atoms with E-state index in [4.69, 9.17) is 26.4 Å². The Labute approximate surface area is 162 Å². The van der Waals surface area contributed by atoms with Gasteiger partial charge in [0.05, 0.1) is 32.4 Å². The summed E-state index contributed by atoms with van der Waals surface area (Å²) in [6.45, 7) is 3.52. The van der Waals surface area contributed by atoms with Gasteiger partial charge in [-0.25, -0.2) is 9.59 Å². The van der Waals surface area contributed by atoms with Gasteiger partial charge in [0.2, 0.25) is 0 Å². The van der Waals surface area contributed by atoms with E-state index in [0.29, 0.717) is 27.9 Å². The van der Waals surface area contributed by atoms with Gasteiger partial charge in [-0.15, -0.1) is 0 Å². The van der Waals surface area contributed by atoms with E-state index in [1.807, 2.05) is 0 Å². The van der Waals surface area contributed by atoms with Crippen LogP contribution in [0.5, 0.6) is 11.5 Å². The molecule has 2 N–H and O–H groups in total. The highest BCUT2D eigenvalue weighted by Crippen LogP contribution is 2.34. The molecule has 0 aromatic heterocycles. The lowest BCUT2D eigenvalue weighted by atomic mass is 9.95. The van der Waals surface area contributed by atoms with E-state index in [0.717, 1.165) is 5.56 Å². The van der Waals surface area contributed by atoms with Crippen LogP contribution in [-0.2, 0) is 19.1 Å². The van der Waals surface area contributed by atoms with Crippen LogP contribution in [0.2, 0.25) is 0 Å². The number of nitrogens with one attached hydrogen (secondary N) is 2. The molecule has 0 radical (unpaired) electrons. The number of allylic oxidation sites excluding steroid dienone is 1. The molecule has 1 aliphatic rings. The maximum Gasteiger partial charge on any atom is 0.343 e. The number of hydrogen-bond donors (Lipinski definition) is 2. The van der Waals surface area contributed by atoms with Crippen molar-refractivity contribution in [2.24, 2.45) is 0 Å². The zero-order chi connectivity index (χ0) is 20.0. The summed E-state index contributed by atoms with van der Waals surface area (Å²) in [5.41, 5.74) is 1.77. The summed E-state index contributed by atoms with van der Waals surface area (Å²) >= 11 is 5.22. The van der Waals surface area contributed by atoms with Crippen molar-refractivity contribution in [1.29, 1.82) is 0 Å². The van der Waals surface area contributed by atoms with Crippen LogP contribution >= 0.6 is 12.2 Å². The van der Waals surface area contributed by atoms with Crippen molar-refractivity contribution in [1.82, 2.24) is 10.6 Å². The smallest absolute Gasteiger partial charge is 0.343 e. The second-order valence-corrected chi connectivity index (χ2v) is 5.97.